The van der Waals surface area contributed by atoms with Gasteiger partial charge in [-0.2, -0.15) is 0 Å². The molecule has 0 unspecified atom stereocenters. The lowest BCUT2D eigenvalue weighted by Gasteiger charge is -2.34. The van der Waals surface area contributed by atoms with Gasteiger partial charge in [-0.1, -0.05) is 18.2 Å². The van der Waals surface area contributed by atoms with Gasteiger partial charge in [-0.3, -0.25) is 9.59 Å². The molecular weight excluding hydrogens is 417 g/mol. The molecule has 5 nitrogen and oxygen atoms in total. The van der Waals surface area contributed by atoms with Crippen LogP contribution in [0.4, 0.5) is 15.8 Å². The number of allylic oxidation sites excluding steroid dienone is 3. The largest absolute Gasteiger partial charge is 0.372 e. The van der Waals surface area contributed by atoms with Crippen LogP contribution in [0.5, 0.6) is 0 Å². The van der Waals surface area contributed by atoms with E-state index in [9.17, 15) is 14.0 Å². The molecule has 1 heterocycles. The number of halogens is 1. The quantitative estimate of drug-likeness (QED) is 0.633. The van der Waals surface area contributed by atoms with E-state index in [0.29, 0.717) is 23.3 Å². The van der Waals surface area contributed by atoms with Crippen LogP contribution in [0.1, 0.15) is 51.5 Å². The fourth-order valence-corrected chi connectivity index (χ4v) is 4.85. The molecule has 0 saturated carbocycles. The van der Waals surface area contributed by atoms with Crippen molar-refractivity contribution in [3.05, 3.63) is 82.5 Å². The number of amides is 1. The number of carbonyl (C=O) groups excluding carboxylic acids is 2. The van der Waals surface area contributed by atoms with Crippen LogP contribution in [0.15, 0.2) is 71.1 Å². The minimum Gasteiger partial charge on any atom is -0.372 e. The number of dihydropyridines is 1. The zero-order valence-electron chi connectivity index (χ0n) is 19.4. The summed E-state index contributed by atoms with van der Waals surface area (Å²) in [7, 11) is 0. The maximum atomic E-state index is 13.7. The summed E-state index contributed by atoms with van der Waals surface area (Å²) in [4.78, 5) is 28.7. The first kappa shape index (κ1) is 22.8. The first-order valence-corrected chi connectivity index (χ1v) is 11.6. The molecule has 1 aliphatic carbocycles. The average molecular weight is 448 g/mol. The molecule has 2 N–H and O–H groups in total. The molecule has 1 aliphatic heterocycles. The molecule has 0 bridgehead atoms. The summed E-state index contributed by atoms with van der Waals surface area (Å²) in [5.74, 6) is -1.15. The Morgan fingerprint density at radius 2 is 1.85 bits per heavy atom. The predicted octanol–water partition coefficient (Wildman–Crippen LogP) is 5.28. The molecule has 0 spiro atoms. The van der Waals surface area contributed by atoms with Crippen LogP contribution in [-0.4, -0.2) is 24.8 Å². The van der Waals surface area contributed by atoms with Gasteiger partial charge in [-0.15, -0.1) is 0 Å². The van der Waals surface area contributed by atoms with Gasteiger partial charge in [0.25, 0.3) is 5.91 Å². The van der Waals surface area contributed by atoms with Crippen LogP contribution in [0.3, 0.4) is 0 Å². The van der Waals surface area contributed by atoms with Crippen LogP contribution in [0.25, 0.3) is 0 Å². The molecule has 0 radical (unpaired) electrons. The van der Waals surface area contributed by atoms with Crippen molar-refractivity contribution in [3.63, 3.8) is 0 Å². The number of nitrogens with one attached hydrogen (secondary N) is 2. The van der Waals surface area contributed by atoms with E-state index >= 15 is 0 Å². The van der Waals surface area contributed by atoms with Gasteiger partial charge in [0, 0.05) is 59.3 Å². The smallest absolute Gasteiger partial charge is 0.254 e. The third kappa shape index (κ3) is 4.56. The maximum Gasteiger partial charge on any atom is 0.254 e. The fraction of sp³-hybridized carbons (Fsp3) is 0.333. The molecule has 33 heavy (non-hydrogen) atoms. The van der Waals surface area contributed by atoms with Crippen molar-refractivity contribution in [1.29, 1.82) is 0 Å². The van der Waals surface area contributed by atoms with Crippen LogP contribution >= 0.6 is 0 Å². The van der Waals surface area contributed by atoms with Crippen LogP contribution in [0.2, 0.25) is 0 Å². The Labute approximate surface area is 194 Å². The summed E-state index contributed by atoms with van der Waals surface area (Å²) in [6.45, 7) is 7.89. The van der Waals surface area contributed by atoms with E-state index < -0.39 is 11.7 Å². The number of anilines is 2. The van der Waals surface area contributed by atoms with E-state index in [-0.39, 0.29) is 11.7 Å². The second kappa shape index (κ2) is 9.61. The minimum absolute atomic E-state index is 0.0742. The van der Waals surface area contributed by atoms with Gasteiger partial charge in [-0.25, -0.2) is 4.39 Å². The lowest BCUT2D eigenvalue weighted by atomic mass is 9.75. The Hall–Kier alpha value is -3.41. The lowest BCUT2D eigenvalue weighted by Crippen LogP contribution is -2.35. The predicted molar refractivity (Wildman–Crippen MR) is 129 cm³/mol. The standard InChI is InChI=1S/C27H30FN3O2/c1-4-31(5-2)21-14-12-18(13-15-21)25-24(27(33)30-20-9-6-8-19(28)16-20)17(3)29-22-10-7-11-23(32)26(22)25/h6,8-9,12-16,25,29H,4-5,7,10-11H2,1-3H3,(H,30,33)/t25-/m1/s1. The van der Waals surface area contributed by atoms with Crippen molar-refractivity contribution >= 4 is 23.1 Å². The van der Waals surface area contributed by atoms with E-state index in [1.807, 2.05) is 19.1 Å². The molecule has 0 aromatic heterocycles. The van der Waals surface area contributed by atoms with Gasteiger partial charge in [0.2, 0.25) is 0 Å². The Morgan fingerprint density at radius 1 is 1.12 bits per heavy atom. The number of carbonyl (C=O) groups is 2. The fourth-order valence-electron chi connectivity index (χ4n) is 4.85. The van der Waals surface area contributed by atoms with Crippen molar-refractivity contribution in [2.24, 2.45) is 0 Å². The summed E-state index contributed by atoms with van der Waals surface area (Å²) < 4.78 is 13.7. The van der Waals surface area contributed by atoms with Crippen molar-refractivity contribution in [2.45, 2.75) is 46.0 Å². The zero-order valence-corrected chi connectivity index (χ0v) is 19.4. The Balaban J connectivity index is 1.75. The van der Waals surface area contributed by atoms with Crippen molar-refractivity contribution in [3.8, 4) is 0 Å². The lowest BCUT2D eigenvalue weighted by molar-refractivity contribution is -0.116. The van der Waals surface area contributed by atoms with E-state index in [4.69, 9.17) is 0 Å². The summed E-state index contributed by atoms with van der Waals surface area (Å²) >= 11 is 0. The number of ketones is 1. The molecule has 0 fully saturated rings. The van der Waals surface area contributed by atoms with Crippen molar-refractivity contribution in [2.75, 3.05) is 23.3 Å². The molecule has 1 atom stereocenters. The number of rotatable bonds is 6. The molecule has 172 valence electrons. The van der Waals surface area contributed by atoms with Crippen LogP contribution in [-0.2, 0) is 9.59 Å². The van der Waals surface area contributed by atoms with Gasteiger partial charge in [0.05, 0.1) is 0 Å². The van der Waals surface area contributed by atoms with Crippen molar-refractivity contribution in [1.82, 2.24) is 5.32 Å². The van der Waals surface area contributed by atoms with E-state index in [0.717, 1.165) is 48.6 Å². The summed E-state index contributed by atoms with van der Waals surface area (Å²) in [6.07, 6.45) is 2.06. The van der Waals surface area contributed by atoms with E-state index in [1.54, 1.807) is 12.1 Å². The molecular formula is C27H30FN3O2. The highest BCUT2D eigenvalue weighted by molar-refractivity contribution is 6.09. The number of nitrogens with zero attached hydrogens (tertiary/aromatic N) is 1. The average Bonchev–Trinajstić information content (AvgIpc) is 2.79. The third-order valence-corrected chi connectivity index (χ3v) is 6.46. The van der Waals surface area contributed by atoms with E-state index in [2.05, 4.69) is 41.5 Å². The Morgan fingerprint density at radius 3 is 2.52 bits per heavy atom. The van der Waals surface area contributed by atoms with Gasteiger partial charge in [0.1, 0.15) is 5.82 Å². The second-order valence-corrected chi connectivity index (χ2v) is 8.49. The SMILES string of the molecule is CCN(CC)c1ccc([C@@H]2C(C(=O)Nc3cccc(F)c3)=C(C)NC3=C2C(=O)CCC3)cc1. The monoisotopic (exact) mass is 447 g/mol. The summed E-state index contributed by atoms with van der Waals surface area (Å²) in [6, 6.07) is 14.0. The highest BCUT2D eigenvalue weighted by atomic mass is 19.1. The first-order valence-electron chi connectivity index (χ1n) is 11.6. The van der Waals surface area contributed by atoms with Crippen LogP contribution < -0.4 is 15.5 Å². The first-order chi connectivity index (χ1) is 15.9. The van der Waals surface area contributed by atoms with E-state index in [1.165, 1.54) is 12.1 Å². The Kier molecular flexibility index (Phi) is 6.63. The second-order valence-electron chi connectivity index (χ2n) is 8.49. The van der Waals surface area contributed by atoms with Gasteiger partial charge < -0.3 is 15.5 Å². The van der Waals surface area contributed by atoms with Gasteiger partial charge in [-0.05, 0) is 69.5 Å². The number of hydrogen-bond donors (Lipinski definition) is 2. The zero-order chi connectivity index (χ0) is 23.5. The normalized spacial score (nSPS) is 18.1. The van der Waals surface area contributed by atoms with Gasteiger partial charge in [0.15, 0.2) is 5.78 Å². The summed E-state index contributed by atoms with van der Waals surface area (Å²) in [5.41, 5.74) is 5.17. The Bertz CT molecular complexity index is 1130. The third-order valence-electron chi connectivity index (χ3n) is 6.46. The molecule has 2 aromatic rings. The topological polar surface area (TPSA) is 61.4 Å². The molecule has 2 aliphatic rings. The highest BCUT2D eigenvalue weighted by Crippen LogP contribution is 2.42. The highest BCUT2D eigenvalue weighted by Gasteiger charge is 2.38. The van der Waals surface area contributed by atoms with Gasteiger partial charge >= 0.3 is 0 Å². The molecule has 6 heteroatoms. The number of Topliss-reactive ketones (excluding diaryl/α,β-unsaturated/α-hetero) is 1. The summed E-state index contributed by atoms with van der Waals surface area (Å²) in [5, 5.41) is 6.14. The minimum atomic E-state index is -0.464. The molecule has 1 amide bonds. The molecule has 2 aromatic carbocycles. The number of hydrogen-bond acceptors (Lipinski definition) is 4. The molecule has 4 rings (SSSR count). The molecule has 0 saturated heterocycles. The van der Waals surface area contributed by atoms with Crippen molar-refractivity contribution < 1.29 is 14.0 Å². The number of benzene rings is 2. The maximum absolute atomic E-state index is 13.7. The van der Waals surface area contributed by atoms with Crippen LogP contribution in [0, 0.1) is 5.82 Å².